The molecule has 0 aliphatic carbocycles. The first-order valence-corrected chi connectivity index (χ1v) is 11.8. The topological polar surface area (TPSA) is 40.5 Å². The van der Waals surface area contributed by atoms with Crippen LogP contribution in [-0.4, -0.2) is 35.6 Å². The van der Waals surface area contributed by atoms with E-state index in [2.05, 4.69) is 36.9 Å². The van der Waals surface area contributed by atoms with Crippen LogP contribution < -0.4 is 0 Å². The van der Waals surface area contributed by atoms with Gasteiger partial charge < -0.3 is 5.11 Å². The Labute approximate surface area is 193 Å². The lowest BCUT2D eigenvalue weighted by Crippen LogP contribution is -2.38. The monoisotopic (exact) mass is 463 g/mol. The van der Waals surface area contributed by atoms with Crippen molar-refractivity contribution in [3.05, 3.63) is 63.6 Å². The van der Waals surface area contributed by atoms with Crippen LogP contribution in [-0.2, 0) is 4.79 Å². The van der Waals surface area contributed by atoms with Gasteiger partial charge in [-0.05, 0) is 48.6 Å². The Hall–Kier alpha value is -1.46. The number of benzene rings is 2. The SMILES string of the molecule is CC(C)c1ccccc1Sc1ccc(/C=C/CN2CCCC(C(=O)O)C2)c(Cl)c1Cl. The van der Waals surface area contributed by atoms with Gasteiger partial charge in [-0.25, -0.2) is 0 Å². The Morgan fingerprint density at radius 3 is 2.70 bits per heavy atom. The molecule has 6 heteroatoms. The van der Waals surface area contributed by atoms with E-state index in [1.54, 1.807) is 11.8 Å². The molecule has 0 bridgehead atoms. The van der Waals surface area contributed by atoms with Crippen LogP contribution in [0.5, 0.6) is 0 Å². The summed E-state index contributed by atoms with van der Waals surface area (Å²) < 4.78 is 0. The van der Waals surface area contributed by atoms with Crippen LogP contribution in [0.2, 0.25) is 10.0 Å². The van der Waals surface area contributed by atoms with E-state index < -0.39 is 5.97 Å². The first-order valence-electron chi connectivity index (χ1n) is 10.2. The number of halogens is 2. The van der Waals surface area contributed by atoms with Crippen molar-refractivity contribution >= 4 is 47.0 Å². The number of rotatable bonds is 7. The molecule has 0 radical (unpaired) electrons. The normalized spacial score (nSPS) is 17.7. The number of aliphatic carboxylic acids is 1. The average molecular weight is 464 g/mol. The number of carboxylic acid groups (broad SMARTS) is 1. The molecule has 30 heavy (non-hydrogen) atoms. The molecular weight excluding hydrogens is 437 g/mol. The second-order valence-corrected chi connectivity index (χ2v) is 9.75. The molecule has 0 spiro atoms. The zero-order valence-corrected chi connectivity index (χ0v) is 19.6. The number of carbonyl (C=O) groups is 1. The van der Waals surface area contributed by atoms with E-state index in [0.717, 1.165) is 29.8 Å². The molecule has 2 aromatic rings. The lowest BCUT2D eigenvalue weighted by Gasteiger charge is -2.29. The summed E-state index contributed by atoms with van der Waals surface area (Å²) in [6.07, 6.45) is 5.68. The average Bonchev–Trinajstić information content (AvgIpc) is 2.73. The first-order chi connectivity index (χ1) is 14.4. The van der Waals surface area contributed by atoms with Crippen molar-refractivity contribution in [2.45, 2.75) is 42.4 Å². The fourth-order valence-corrected chi connectivity index (χ4v) is 5.38. The lowest BCUT2D eigenvalue weighted by molar-refractivity contribution is -0.143. The summed E-state index contributed by atoms with van der Waals surface area (Å²) in [5.41, 5.74) is 2.16. The van der Waals surface area contributed by atoms with Crippen LogP contribution in [0.3, 0.4) is 0 Å². The zero-order valence-electron chi connectivity index (χ0n) is 17.3. The molecule has 1 saturated heterocycles. The van der Waals surface area contributed by atoms with Crippen molar-refractivity contribution in [3.8, 4) is 0 Å². The molecule has 1 unspecified atom stereocenters. The largest absolute Gasteiger partial charge is 0.481 e. The van der Waals surface area contributed by atoms with Crippen molar-refractivity contribution in [2.24, 2.45) is 5.92 Å². The van der Waals surface area contributed by atoms with E-state index in [1.165, 1.54) is 10.5 Å². The van der Waals surface area contributed by atoms with Gasteiger partial charge in [-0.15, -0.1) is 0 Å². The van der Waals surface area contributed by atoms with Crippen molar-refractivity contribution in [1.29, 1.82) is 0 Å². The minimum absolute atomic E-state index is 0.268. The molecule has 0 saturated carbocycles. The predicted molar refractivity (Wildman–Crippen MR) is 127 cm³/mol. The van der Waals surface area contributed by atoms with Gasteiger partial charge in [-0.2, -0.15) is 0 Å². The lowest BCUT2D eigenvalue weighted by atomic mass is 9.98. The van der Waals surface area contributed by atoms with Crippen LogP contribution in [0, 0.1) is 5.92 Å². The fraction of sp³-hybridized carbons (Fsp3) is 0.375. The standard InChI is InChI=1S/C24H27Cl2NO2S/c1-16(2)19-9-3-4-10-20(19)30-21-12-11-17(22(25)23(21)26)7-5-13-27-14-6-8-18(15-27)24(28)29/h3-5,7,9-12,16,18H,6,8,13-15H2,1-2H3,(H,28,29)/b7-5+. The summed E-state index contributed by atoms with van der Waals surface area (Å²) >= 11 is 14.8. The van der Waals surface area contributed by atoms with Gasteiger partial charge in [0.15, 0.2) is 0 Å². The summed E-state index contributed by atoms with van der Waals surface area (Å²) in [7, 11) is 0. The van der Waals surface area contributed by atoms with Crippen molar-refractivity contribution < 1.29 is 9.90 Å². The minimum Gasteiger partial charge on any atom is -0.481 e. The number of hydrogen-bond acceptors (Lipinski definition) is 3. The van der Waals surface area contributed by atoms with Crippen LogP contribution >= 0.6 is 35.0 Å². The van der Waals surface area contributed by atoms with Crippen molar-refractivity contribution in [2.75, 3.05) is 19.6 Å². The van der Waals surface area contributed by atoms with Crippen LogP contribution in [0.4, 0.5) is 0 Å². The van der Waals surface area contributed by atoms with Gasteiger partial charge in [-0.1, -0.05) is 85.2 Å². The molecule has 2 aromatic carbocycles. The Morgan fingerprint density at radius 1 is 1.20 bits per heavy atom. The fourth-order valence-electron chi connectivity index (χ4n) is 3.67. The van der Waals surface area contributed by atoms with Crippen molar-refractivity contribution in [3.63, 3.8) is 0 Å². The third kappa shape index (κ3) is 5.82. The van der Waals surface area contributed by atoms with E-state index in [0.29, 0.717) is 29.1 Å². The highest BCUT2D eigenvalue weighted by molar-refractivity contribution is 7.99. The molecule has 1 N–H and O–H groups in total. The first kappa shape index (κ1) is 23.2. The summed E-state index contributed by atoms with van der Waals surface area (Å²) in [6.45, 7) is 6.59. The minimum atomic E-state index is -0.703. The maximum absolute atomic E-state index is 11.2. The van der Waals surface area contributed by atoms with Crippen LogP contribution in [0.1, 0.15) is 43.7 Å². The quantitative estimate of drug-likeness (QED) is 0.476. The highest BCUT2D eigenvalue weighted by Crippen LogP contribution is 2.41. The number of hydrogen-bond donors (Lipinski definition) is 1. The molecular formula is C24H27Cl2NO2S. The highest BCUT2D eigenvalue weighted by Gasteiger charge is 2.24. The van der Waals surface area contributed by atoms with Gasteiger partial charge in [0, 0.05) is 22.9 Å². The predicted octanol–water partition coefficient (Wildman–Crippen LogP) is 7.08. The van der Waals surface area contributed by atoms with Crippen LogP contribution in [0.25, 0.3) is 6.08 Å². The Bertz CT molecular complexity index is 929. The summed E-state index contributed by atoms with van der Waals surface area (Å²) in [5.74, 6) is -0.540. The molecule has 1 heterocycles. The zero-order chi connectivity index (χ0) is 21.7. The summed E-state index contributed by atoms with van der Waals surface area (Å²) in [6, 6.07) is 12.4. The van der Waals surface area contributed by atoms with Crippen molar-refractivity contribution in [1.82, 2.24) is 4.90 Å². The summed E-state index contributed by atoms with van der Waals surface area (Å²) in [5, 5.41) is 10.3. The Balaban J connectivity index is 1.69. The Kier molecular flexibility index (Phi) is 8.29. The number of likely N-dealkylation sites (tertiary alicyclic amines) is 1. The molecule has 1 fully saturated rings. The van der Waals surface area contributed by atoms with E-state index in [4.69, 9.17) is 23.2 Å². The molecule has 0 amide bonds. The number of carboxylic acids is 1. The maximum atomic E-state index is 11.2. The third-order valence-electron chi connectivity index (χ3n) is 5.35. The van der Waals surface area contributed by atoms with Gasteiger partial charge in [-0.3, -0.25) is 9.69 Å². The van der Waals surface area contributed by atoms with E-state index in [9.17, 15) is 9.90 Å². The van der Waals surface area contributed by atoms with Gasteiger partial charge in [0.1, 0.15) is 0 Å². The molecule has 160 valence electrons. The smallest absolute Gasteiger partial charge is 0.307 e. The van der Waals surface area contributed by atoms with Gasteiger partial charge in [0.25, 0.3) is 0 Å². The second-order valence-electron chi connectivity index (χ2n) is 7.91. The molecule has 1 atom stereocenters. The molecule has 0 aromatic heterocycles. The summed E-state index contributed by atoms with van der Waals surface area (Å²) in [4.78, 5) is 15.5. The maximum Gasteiger partial charge on any atom is 0.307 e. The van der Waals surface area contributed by atoms with Crippen LogP contribution in [0.15, 0.2) is 52.3 Å². The highest BCUT2D eigenvalue weighted by atomic mass is 35.5. The van der Waals surface area contributed by atoms with E-state index >= 15 is 0 Å². The molecule has 3 rings (SSSR count). The van der Waals surface area contributed by atoms with Gasteiger partial charge in [0.05, 0.1) is 16.0 Å². The molecule has 1 aliphatic heterocycles. The Morgan fingerprint density at radius 2 is 1.97 bits per heavy atom. The second kappa shape index (κ2) is 10.7. The van der Waals surface area contributed by atoms with Gasteiger partial charge >= 0.3 is 5.97 Å². The van der Waals surface area contributed by atoms with E-state index in [1.807, 2.05) is 30.4 Å². The third-order valence-corrected chi connectivity index (χ3v) is 7.51. The number of nitrogens with zero attached hydrogens (tertiary/aromatic N) is 1. The van der Waals surface area contributed by atoms with Gasteiger partial charge in [0.2, 0.25) is 0 Å². The molecule has 3 nitrogen and oxygen atoms in total. The molecule has 1 aliphatic rings. The van der Waals surface area contributed by atoms with E-state index in [-0.39, 0.29) is 5.92 Å². The number of piperidine rings is 1.